The van der Waals surface area contributed by atoms with Crippen LogP contribution in [0.1, 0.15) is 39.5 Å². The van der Waals surface area contributed by atoms with Crippen molar-refractivity contribution in [2.45, 2.75) is 39.5 Å². The Balaban J connectivity index is 1.49. The van der Waals surface area contributed by atoms with Crippen LogP contribution in [0.3, 0.4) is 0 Å². The van der Waals surface area contributed by atoms with Gasteiger partial charge in [-0.2, -0.15) is 0 Å². The van der Waals surface area contributed by atoms with Crippen LogP contribution in [0.15, 0.2) is 0 Å². The molecular weight excluding hydrogens is 144 g/mol. The molecule has 3 rings (SSSR count). The molecule has 0 bridgehead atoms. The van der Waals surface area contributed by atoms with Gasteiger partial charge in [0.2, 0.25) is 0 Å². The molecule has 0 saturated heterocycles. The largest absolute Gasteiger partial charge is 0.0628 e. The van der Waals surface area contributed by atoms with Gasteiger partial charge < -0.3 is 0 Å². The van der Waals surface area contributed by atoms with E-state index in [0.717, 1.165) is 11.8 Å². The zero-order valence-electron chi connectivity index (χ0n) is 8.29. The Kier molecular flexibility index (Phi) is 1.40. The molecule has 3 aliphatic carbocycles. The lowest BCUT2D eigenvalue weighted by Gasteiger charge is -2.25. The minimum Gasteiger partial charge on any atom is -0.0628 e. The highest BCUT2D eigenvalue weighted by atomic mass is 14.6. The van der Waals surface area contributed by atoms with E-state index in [1.54, 1.807) is 19.3 Å². The van der Waals surface area contributed by atoms with Gasteiger partial charge in [-0.3, -0.25) is 0 Å². The van der Waals surface area contributed by atoms with Gasteiger partial charge in [-0.25, -0.2) is 0 Å². The van der Waals surface area contributed by atoms with Crippen LogP contribution in [0, 0.1) is 35.5 Å². The summed E-state index contributed by atoms with van der Waals surface area (Å²) in [6.45, 7) is 4.74. The summed E-state index contributed by atoms with van der Waals surface area (Å²) < 4.78 is 0. The predicted octanol–water partition coefficient (Wildman–Crippen LogP) is 3.32. The highest BCUT2D eigenvalue weighted by Crippen LogP contribution is 2.68. The van der Waals surface area contributed by atoms with Crippen molar-refractivity contribution in [1.82, 2.24) is 0 Å². The van der Waals surface area contributed by atoms with Crippen LogP contribution in [0.25, 0.3) is 0 Å². The van der Waals surface area contributed by atoms with Crippen LogP contribution < -0.4 is 0 Å². The summed E-state index contributed by atoms with van der Waals surface area (Å²) in [5.74, 6) is 6.93. The Labute approximate surface area is 75.7 Å². The van der Waals surface area contributed by atoms with Crippen LogP contribution in [-0.4, -0.2) is 0 Å². The molecule has 0 aromatic heterocycles. The normalized spacial score (nSPS) is 54.8. The first-order chi connectivity index (χ1) is 5.75. The third-order valence-corrected chi connectivity index (χ3v) is 4.40. The Morgan fingerprint density at radius 2 is 1.75 bits per heavy atom. The summed E-state index contributed by atoms with van der Waals surface area (Å²) in [7, 11) is 0. The van der Waals surface area contributed by atoms with E-state index in [1.165, 1.54) is 30.1 Å². The molecular formula is C12H20. The monoisotopic (exact) mass is 164 g/mol. The molecule has 0 heteroatoms. The zero-order valence-corrected chi connectivity index (χ0v) is 8.29. The van der Waals surface area contributed by atoms with E-state index < -0.39 is 0 Å². The van der Waals surface area contributed by atoms with Crippen molar-refractivity contribution >= 4 is 0 Å². The maximum Gasteiger partial charge on any atom is -0.0349 e. The van der Waals surface area contributed by atoms with E-state index in [-0.39, 0.29) is 0 Å². The van der Waals surface area contributed by atoms with Crippen LogP contribution in [0.5, 0.6) is 0 Å². The zero-order chi connectivity index (χ0) is 8.29. The minimum atomic E-state index is 0.940. The van der Waals surface area contributed by atoms with Gasteiger partial charge in [-0.05, 0) is 61.2 Å². The molecule has 0 amide bonds. The van der Waals surface area contributed by atoms with Crippen LogP contribution in [0.4, 0.5) is 0 Å². The maximum absolute atomic E-state index is 2.37. The van der Waals surface area contributed by atoms with Gasteiger partial charge in [0, 0.05) is 0 Å². The Hall–Kier alpha value is 0. The Morgan fingerprint density at radius 1 is 1.00 bits per heavy atom. The SMILES string of the molecule is CC(C)CC1CC1C1CC2CC21. The molecule has 68 valence electrons. The molecule has 0 aromatic rings. The van der Waals surface area contributed by atoms with Gasteiger partial charge in [-0.15, -0.1) is 0 Å². The number of hydrogen-bond acceptors (Lipinski definition) is 0. The van der Waals surface area contributed by atoms with Crippen LogP contribution >= 0.6 is 0 Å². The van der Waals surface area contributed by atoms with Gasteiger partial charge >= 0.3 is 0 Å². The van der Waals surface area contributed by atoms with Gasteiger partial charge in [-0.1, -0.05) is 13.8 Å². The molecule has 0 nitrogen and oxygen atoms in total. The third kappa shape index (κ3) is 1.03. The molecule has 0 N–H and O–H groups in total. The molecule has 0 heterocycles. The van der Waals surface area contributed by atoms with E-state index in [0.29, 0.717) is 0 Å². The number of rotatable bonds is 3. The molecule has 3 aliphatic rings. The van der Waals surface area contributed by atoms with E-state index in [9.17, 15) is 0 Å². The van der Waals surface area contributed by atoms with Crippen LogP contribution in [-0.2, 0) is 0 Å². The number of hydrogen-bond donors (Lipinski definition) is 0. The molecule has 12 heavy (non-hydrogen) atoms. The fourth-order valence-electron chi connectivity index (χ4n) is 3.56. The standard InChI is InChI=1S/C12H20/c1-7(2)3-8-4-10(8)12-6-9-5-11(9)12/h7-12H,3-6H2,1-2H3. The lowest BCUT2D eigenvalue weighted by Crippen LogP contribution is -2.18. The summed E-state index contributed by atoms with van der Waals surface area (Å²) in [4.78, 5) is 0. The first kappa shape index (κ1) is 7.41. The molecule has 3 fully saturated rings. The van der Waals surface area contributed by atoms with E-state index in [4.69, 9.17) is 0 Å². The summed E-state index contributed by atoms with van der Waals surface area (Å²) >= 11 is 0. The molecule has 0 aliphatic heterocycles. The molecule has 0 spiro atoms. The van der Waals surface area contributed by atoms with E-state index >= 15 is 0 Å². The average molecular weight is 164 g/mol. The first-order valence-electron chi connectivity index (χ1n) is 5.75. The summed E-state index contributed by atoms with van der Waals surface area (Å²) in [6.07, 6.45) is 6.32. The Bertz CT molecular complexity index is 194. The lowest BCUT2D eigenvalue weighted by molar-refractivity contribution is 0.237. The Morgan fingerprint density at radius 3 is 2.25 bits per heavy atom. The average Bonchev–Trinajstić information content (AvgIpc) is 2.76. The van der Waals surface area contributed by atoms with Crippen molar-refractivity contribution in [1.29, 1.82) is 0 Å². The van der Waals surface area contributed by atoms with Gasteiger partial charge in [0.15, 0.2) is 0 Å². The minimum absolute atomic E-state index is 0.940. The number of fused-ring (bicyclic) bond motifs is 1. The van der Waals surface area contributed by atoms with Crippen molar-refractivity contribution < 1.29 is 0 Å². The van der Waals surface area contributed by atoms with Crippen molar-refractivity contribution in [2.24, 2.45) is 35.5 Å². The van der Waals surface area contributed by atoms with Gasteiger partial charge in [0.1, 0.15) is 0 Å². The molecule has 3 saturated carbocycles. The third-order valence-electron chi connectivity index (χ3n) is 4.40. The summed E-state index contributed by atoms with van der Waals surface area (Å²) in [5.41, 5.74) is 0. The quantitative estimate of drug-likeness (QED) is 0.600. The first-order valence-corrected chi connectivity index (χ1v) is 5.75. The van der Waals surface area contributed by atoms with Gasteiger partial charge in [0.05, 0.1) is 0 Å². The topological polar surface area (TPSA) is 0 Å². The molecule has 0 aromatic carbocycles. The molecule has 0 radical (unpaired) electrons. The molecule has 5 atom stereocenters. The fourth-order valence-corrected chi connectivity index (χ4v) is 3.56. The highest BCUT2D eigenvalue weighted by Gasteiger charge is 2.60. The second-order valence-corrected chi connectivity index (χ2v) is 5.85. The fraction of sp³-hybridized carbons (Fsp3) is 1.00. The smallest absolute Gasteiger partial charge is 0.0349 e. The van der Waals surface area contributed by atoms with E-state index in [1.807, 2.05) is 0 Å². The van der Waals surface area contributed by atoms with Gasteiger partial charge in [0.25, 0.3) is 0 Å². The van der Waals surface area contributed by atoms with Crippen molar-refractivity contribution in [3.63, 3.8) is 0 Å². The molecule has 5 unspecified atom stereocenters. The summed E-state index contributed by atoms with van der Waals surface area (Å²) in [5, 5.41) is 0. The second-order valence-electron chi connectivity index (χ2n) is 5.85. The van der Waals surface area contributed by atoms with Crippen molar-refractivity contribution in [3.05, 3.63) is 0 Å². The highest BCUT2D eigenvalue weighted by molar-refractivity contribution is 5.09. The van der Waals surface area contributed by atoms with Crippen molar-refractivity contribution in [3.8, 4) is 0 Å². The second kappa shape index (κ2) is 2.27. The maximum atomic E-state index is 2.37. The summed E-state index contributed by atoms with van der Waals surface area (Å²) in [6, 6.07) is 0. The van der Waals surface area contributed by atoms with E-state index in [2.05, 4.69) is 13.8 Å². The predicted molar refractivity (Wildman–Crippen MR) is 50.8 cm³/mol. The van der Waals surface area contributed by atoms with Crippen molar-refractivity contribution in [2.75, 3.05) is 0 Å². The van der Waals surface area contributed by atoms with Crippen LogP contribution in [0.2, 0.25) is 0 Å². The lowest BCUT2D eigenvalue weighted by atomic mass is 9.80.